The van der Waals surface area contributed by atoms with Gasteiger partial charge in [0, 0.05) is 27.2 Å². The van der Waals surface area contributed by atoms with E-state index >= 15 is 0 Å². The van der Waals surface area contributed by atoms with Crippen molar-refractivity contribution in [3.05, 3.63) is 4.88 Å². The number of anilines is 2. The molecule has 1 amide bonds. The van der Waals surface area contributed by atoms with Gasteiger partial charge in [-0.25, -0.2) is 0 Å². The summed E-state index contributed by atoms with van der Waals surface area (Å²) < 4.78 is 11.0. The summed E-state index contributed by atoms with van der Waals surface area (Å²) in [7, 11) is 4.97. The quantitative estimate of drug-likeness (QED) is 0.869. The minimum absolute atomic E-state index is 0.113. The van der Waals surface area contributed by atoms with Gasteiger partial charge in [0.25, 0.3) is 5.91 Å². The molecule has 7 heteroatoms. The smallest absolute Gasteiger partial charge is 0.265 e. The maximum absolute atomic E-state index is 12.1. The van der Waals surface area contributed by atoms with Gasteiger partial charge >= 0.3 is 0 Å². The molecular formula is C14H23N3O3S. The summed E-state index contributed by atoms with van der Waals surface area (Å²) in [4.78, 5) is 14.1. The highest BCUT2D eigenvalue weighted by atomic mass is 32.1. The SMILES string of the molecule is COc1c(NCC2CCCCO2)sc(C(=O)N(C)C)c1N. The molecule has 2 rings (SSSR count). The second kappa shape index (κ2) is 7.00. The van der Waals surface area contributed by atoms with Crippen LogP contribution in [0.25, 0.3) is 0 Å². The first-order chi connectivity index (χ1) is 10.0. The number of thiophene rings is 1. The highest BCUT2D eigenvalue weighted by Crippen LogP contribution is 2.42. The minimum Gasteiger partial charge on any atom is -0.492 e. The van der Waals surface area contributed by atoms with Crippen LogP contribution in [-0.2, 0) is 4.74 Å². The fourth-order valence-corrected chi connectivity index (χ4v) is 3.40. The second-order valence-corrected chi connectivity index (χ2v) is 6.30. The maximum Gasteiger partial charge on any atom is 0.265 e. The molecule has 21 heavy (non-hydrogen) atoms. The third kappa shape index (κ3) is 3.59. The number of nitrogens with two attached hydrogens (primary N) is 1. The van der Waals surface area contributed by atoms with Crippen molar-refractivity contribution in [1.82, 2.24) is 4.90 Å². The number of amides is 1. The Labute approximate surface area is 129 Å². The van der Waals surface area contributed by atoms with Crippen molar-refractivity contribution >= 4 is 27.9 Å². The van der Waals surface area contributed by atoms with Crippen molar-refractivity contribution in [2.24, 2.45) is 0 Å². The summed E-state index contributed by atoms with van der Waals surface area (Å²) >= 11 is 1.33. The normalized spacial score (nSPS) is 18.3. The fraction of sp³-hybridized carbons (Fsp3) is 0.643. The predicted molar refractivity (Wildman–Crippen MR) is 85.4 cm³/mol. The van der Waals surface area contributed by atoms with Crippen molar-refractivity contribution in [3.8, 4) is 5.75 Å². The fourth-order valence-electron chi connectivity index (χ4n) is 2.28. The van der Waals surface area contributed by atoms with Gasteiger partial charge in [-0.1, -0.05) is 0 Å². The number of nitrogen functional groups attached to an aromatic ring is 1. The number of carbonyl (C=O) groups is 1. The lowest BCUT2D eigenvalue weighted by Crippen LogP contribution is -2.26. The van der Waals surface area contributed by atoms with E-state index in [1.165, 1.54) is 22.7 Å². The van der Waals surface area contributed by atoms with Gasteiger partial charge in [-0.15, -0.1) is 11.3 Å². The van der Waals surface area contributed by atoms with Gasteiger partial charge in [0.15, 0.2) is 5.75 Å². The van der Waals surface area contributed by atoms with E-state index in [9.17, 15) is 4.79 Å². The van der Waals surface area contributed by atoms with Crippen LogP contribution in [0, 0.1) is 0 Å². The molecule has 1 unspecified atom stereocenters. The Kier molecular flexibility index (Phi) is 5.30. The van der Waals surface area contributed by atoms with Crippen LogP contribution in [0.4, 0.5) is 10.7 Å². The molecular weight excluding hydrogens is 290 g/mol. The summed E-state index contributed by atoms with van der Waals surface area (Å²) in [6.45, 7) is 1.52. The minimum atomic E-state index is -0.113. The van der Waals surface area contributed by atoms with Crippen LogP contribution < -0.4 is 15.8 Å². The lowest BCUT2D eigenvalue weighted by atomic mass is 10.1. The number of nitrogens with one attached hydrogen (secondary N) is 1. The Morgan fingerprint density at radius 1 is 1.52 bits per heavy atom. The molecule has 1 fully saturated rings. The summed E-state index contributed by atoms with van der Waals surface area (Å²) in [5.74, 6) is 0.429. The zero-order valence-electron chi connectivity index (χ0n) is 12.8. The van der Waals surface area contributed by atoms with E-state index in [0.29, 0.717) is 22.9 Å². The zero-order chi connectivity index (χ0) is 15.4. The summed E-state index contributed by atoms with van der Waals surface area (Å²) in [5.41, 5.74) is 6.43. The van der Waals surface area contributed by atoms with Crippen LogP contribution in [0.15, 0.2) is 0 Å². The van der Waals surface area contributed by atoms with E-state index in [2.05, 4.69) is 5.32 Å². The van der Waals surface area contributed by atoms with Crippen LogP contribution in [0.2, 0.25) is 0 Å². The van der Waals surface area contributed by atoms with E-state index < -0.39 is 0 Å². The lowest BCUT2D eigenvalue weighted by Gasteiger charge is -2.23. The first kappa shape index (κ1) is 15.9. The third-order valence-electron chi connectivity index (χ3n) is 3.47. The van der Waals surface area contributed by atoms with Crippen molar-refractivity contribution in [3.63, 3.8) is 0 Å². The zero-order valence-corrected chi connectivity index (χ0v) is 13.6. The number of nitrogens with zero attached hydrogens (tertiary/aromatic N) is 1. The monoisotopic (exact) mass is 313 g/mol. The molecule has 1 aliphatic heterocycles. The standard InChI is InChI=1S/C14H23N3O3S/c1-17(2)14(18)12-10(15)11(19-3)13(21-12)16-8-9-6-4-5-7-20-9/h9,16H,4-8,15H2,1-3H3. The molecule has 3 N–H and O–H groups in total. The lowest BCUT2D eigenvalue weighted by molar-refractivity contribution is 0.0248. The second-order valence-electron chi connectivity index (χ2n) is 5.28. The van der Waals surface area contributed by atoms with Gasteiger partial charge in [-0.2, -0.15) is 0 Å². The molecule has 1 aromatic heterocycles. The van der Waals surface area contributed by atoms with E-state index in [1.807, 2.05) is 0 Å². The molecule has 1 atom stereocenters. The van der Waals surface area contributed by atoms with Gasteiger partial charge in [-0.05, 0) is 19.3 Å². The van der Waals surface area contributed by atoms with Gasteiger partial charge < -0.3 is 25.4 Å². The number of hydrogen-bond donors (Lipinski definition) is 2. The Morgan fingerprint density at radius 2 is 2.29 bits per heavy atom. The van der Waals surface area contributed by atoms with E-state index in [0.717, 1.165) is 24.4 Å². The Morgan fingerprint density at radius 3 is 2.86 bits per heavy atom. The molecule has 118 valence electrons. The van der Waals surface area contributed by atoms with Crippen LogP contribution in [-0.4, -0.2) is 51.3 Å². The molecule has 0 bridgehead atoms. The van der Waals surface area contributed by atoms with Gasteiger partial charge in [0.05, 0.1) is 13.2 Å². The van der Waals surface area contributed by atoms with E-state index in [1.54, 1.807) is 21.2 Å². The van der Waals surface area contributed by atoms with E-state index in [-0.39, 0.29) is 12.0 Å². The average Bonchev–Trinajstić information content (AvgIpc) is 2.81. The summed E-state index contributed by atoms with van der Waals surface area (Å²) in [5, 5.41) is 4.09. The van der Waals surface area contributed by atoms with Crippen molar-refractivity contribution in [1.29, 1.82) is 0 Å². The van der Waals surface area contributed by atoms with Gasteiger partial charge in [0.1, 0.15) is 15.6 Å². The molecule has 1 aromatic rings. The van der Waals surface area contributed by atoms with Crippen molar-refractivity contribution in [2.75, 3.05) is 45.4 Å². The molecule has 0 aliphatic carbocycles. The summed E-state index contributed by atoms with van der Waals surface area (Å²) in [6.07, 6.45) is 3.59. The number of carbonyl (C=O) groups excluding carboxylic acids is 1. The van der Waals surface area contributed by atoms with Crippen LogP contribution >= 0.6 is 11.3 Å². The van der Waals surface area contributed by atoms with Crippen molar-refractivity contribution in [2.45, 2.75) is 25.4 Å². The highest BCUT2D eigenvalue weighted by molar-refractivity contribution is 7.19. The van der Waals surface area contributed by atoms with E-state index in [4.69, 9.17) is 15.2 Å². The number of ether oxygens (including phenoxy) is 2. The molecule has 0 radical (unpaired) electrons. The van der Waals surface area contributed by atoms with Gasteiger partial charge in [-0.3, -0.25) is 4.79 Å². The Bertz CT molecular complexity index is 496. The maximum atomic E-state index is 12.1. The largest absolute Gasteiger partial charge is 0.492 e. The molecule has 0 spiro atoms. The summed E-state index contributed by atoms with van der Waals surface area (Å²) in [6, 6.07) is 0. The van der Waals surface area contributed by atoms with Crippen molar-refractivity contribution < 1.29 is 14.3 Å². The van der Waals surface area contributed by atoms with Crippen LogP contribution in [0.1, 0.15) is 28.9 Å². The highest BCUT2D eigenvalue weighted by Gasteiger charge is 2.23. The predicted octanol–water partition coefficient (Wildman–Crippen LogP) is 2.02. The Hall–Kier alpha value is -1.47. The molecule has 1 aliphatic rings. The van der Waals surface area contributed by atoms with Crippen LogP contribution in [0.5, 0.6) is 5.75 Å². The van der Waals surface area contributed by atoms with Crippen LogP contribution in [0.3, 0.4) is 0 Å². The topological polar surface area (TPSA) is 76.8 Å². The molecule has 2 heterocycles. The molecule has 6 nitrogen and oxygen atoms in total. The number of hydrogen-bond acceptors (Lipinski definition) is 6. The first-order valence-corrected chi connectivity index (χ1v) is 7.89. The first-order valence-electron chi connectivity index (χ1n) is 7.08. The molecule has 0 aromatic carbocycles. The average molecular weight is 313 g/mol. The number of methoxy groups -OCH3 is 1. The molecule has 0 saturated carbocycles. The molecule has 1 saturated heterocycles. The van der Waals surface area contributed by atoms with Gasteiger partial charge in [0.2, 0.25) is 0 Å². The Balaban J connectivity index is 2.11. The number of rotatable bonds is 5. The third-order valence-corrected chi connectivity index (χ3v) is 4.60.